The van der Waals surface area contributed by atoms with Crippen LogP contribution in [0.1, 0.15) is 25.1 Å². The summed E-state index contributed by atoms with van der Waals surface area (Å²) in [6, 6.07) is -0.0974. The van der Waals surface area contributed by atoms with E-state index >= 15 is 0 Å². The molecule has 0 saturated carbocycles. The molecule has 0 aromatic carbocycles. The normalized spacial score (nSPS) is 14.6. The standard InChI is InChI=1S/C14H28N4O2/c1-11(10-19-4)8-12(15)14-13(20-5)9-16-18(14)7-6-17(2)3/h9,11-12H,6-8,10,15H2,1-5H3. The number of hydrogen-bond donors (Lipinski definition) is 1. The molecule has 0 fully saturated rings. The van der Waals surface area contributed by atoms with Gasteiger partial charge >= 0.3 is 0 Å². The summed E-state index contributed by atoms with van der Waals surface area (Å²) in [4.78, 5) is 2.12. The van der Waals surface area contributed by atoms with Gasteiger partial charge in [-0.3, -0.25) is 4.68 Å². The first kappa shape index (κ1) is 16.9. The van der Waals surface area contributed by atoms with Crippen LogP contribution >= 0.6 is 0 Å². The van der Waals surface area contributed by atoms with Gasteiger partial charge in [-0.2, -0.15) is 5.10 Å². The second kappa shape index (κ2) is 8.24. The van der Waals surface area contributed by atoms with Crippen LogP contribution < -0.4 is 10.5 Å². The van der Waals surface area contributed by atoms with Gasteiger partial charge in [-0.1, -0.05) is 6.92 Å². The van der Waals surface area contributed by atoms with Crippen molar-refractivity contribution in [2.45, 2.75) is 25.9 Å². The average Bonchev–Trinajstić information content (AvgIpc) is 2.79. The van der Waals surface area contributed by atoms with Crippen molar-refractivity contribution in [3.8, 4) is 5.75 Å². The zero-order valence-corrected chi connectivity index (χ0v) is 13.3. The topological polar surface area (TPSA) is 65.5 Å². The Labute approximate surface area is 121 Å². The molecule has 1 aromatic heterocycles. The molecule has 116 valence electrons. The molecule has 6 heteroatoms. The summed E-state index contributed by atoms with van der Waals surface area (Å²) in [5, 5.41) is 4.39. The van der Waals surface area contributed by atoms with E-state index in [1.807, 2.05) is 18.8 Å². The Balaban J connectivity index is 2.81. The van der Waals surface area contributed by atoms with Gasteiger partial charge in [-0.15, -0.1) is 0 Å². The number of hydrogen-bond acceptors (Lipinski definition) is 5. The maximum absolute atomic E-state index is 6.34. The van der Waals surface area contributed by atoms with Crippen molar-refractivity contribution in [3.05, 3.63) is 11.9 Å². The Morgan fingerprint density at radius 2 is 2.10 bits per heavy atom. The molecule has 0 aliphatic heterocycles. The minimum atomic E-state index is -0.0974. The number of aromatic nitrogens is 2. The van der Waals surface area contributed by atoms with Crippen molar-refractivity contribution in [2.75, 3.05) is 41.5 Å². The second-order valence-electron chi connectivity index (χ2n) is 5.53. The zero-order valence-electron chi connectivity index (χ0n) is 13.3. The van der Waals surface area contributed by atoms with Crippen molar-refractivity contribution in [2.24, 2.45) is 11.7 Å². The number of methoxy groups -OCH3 is 2. The highest BCUT2D eigenvalue weighted by Crippen LogP contribution is 2.27. The van der Waals surface area contributed by atoms with Crippen LogP contribution in [0.5, 0.6) is 5.75 Å². The molecule has 0 spiro atoms. The minimum absolute atomic E-state index is 0.0974. The van der Waals surface area contributed by atoms with E-state index in [4.69, 9.17) is 15.2 Å². The third-order valence-corrected chi connectivity index (χ3v) is 3.28. The van der Waals surface area contributed by atoms with Gasteiger partial charge in [0, 0.05) is 20.3 Å². The monoisotopic (exact) mass is 284 g/mol. The molecule has 1 heterocycles. The lowest BCUT2D eigenvalue weighted by atomic mass is 10.0. The number of nitrogens with zero attached hydrogens (tertiary/aromatic N) is 3. The van der Waals surface area contributed by atoms with Crippen molar-refractivity contribution < 1.29 is 9.47 Å². The summed E-state index contributed by atoms with van der Waals surface area (Å²) in [5.41, 5.74) is 7.31. The summed E-state index contributed by atoms with van der Waals surface area (Å²) >= 11 is 0. The molecule has 1 rings (SSSR count). The molecular formula is C14H28N4O2. The highest BCUT2D eigenvalue weighted by Gasteiger charge is 2.20. The molecule has 2 atom stereocenters. The predicted octanol–water partition coefficient (Wildman–Crippen LogP) is 1.13. The lowest BCUT2D eigenvalue weighted by molar-refractivity contribution is 0.151. The number of nitrogens with two attached hydrogens (primary N) is 1. The lowest BCUT2D eigenvalue weighted by Gasteiger charge is -2.20. The van der Waals surface area contributed by atoms with E-state index in [0.29, 0.717) is 12.5 Å². The van der Waals surface area contributed by atoms with E-state index in [9.17, 15) is 0 Å². The van der Waals surface area contributed by atoms with Crippen LogP contribution in [0.2, 0.25) is 0 Å². The van der Waals surface area contributed by atoms with Gasteiger partial charge in [-0.05, 0) is 26.4 Å². The van der Waals surface area contributed by atoms with Crippen molar-refractivity contribution in [1.29, 1.82) is 0 Å². The van der Waals surface area contributed by atoms with Crippen LogP contribution in [-0.2, 0) is 11.3 Å². The fourth-order valence-electron chi connectivity index (χ4n) is 2.28. The molecule has 0 saturated heterocycles. The fraction of sp³-hybridized carbons (Fsp3) is 0.786. The molecule has 0 radical (unpaired) electrons. The maximum Gasteiger partial charge on any atom is 0.161 e. The molecule has 6 nitrogen and oxygen atoms in total. The fourth-order valence-corrected chi connectivity index (χ4v) is 2.28. The van der Waals surface area contributed by atoms with Gasteiger partial charge in [0.25, 0.3) is 0 Å². The van der Waals surface area contributed by atoms with Gasteiger partial charge in [0.15, 0.2) is 5.75 Å². The highest BCUT2D eigenvalue weighted by molar-refractivity contribution is 5.28. The van der Waals surface area contributed by atoms with E-state index < -0.39 is 0 Å². The Morgan fingerprint density at radius 1 is 1.40 bits per heavy atom. The summed E-state index contributed by atoms with van der Waals surface area (Å²) in [6.07, 6.45) is 2.59. The molecule has 2 unspecified atom stereocenters. The molecule has 0 aliphatic carbocycles. The molecule has 1 aromatic rings. The second-order valence-corrected chi connectivity index (χ2v) is 5.53. The van der Waals surface area contributed by atoms with Crippen molar-refractivity contribution in [3.63, 3.8) is 0 Å². The van der Waals surface area contributed by atoms with Gasteiger partial charge in [0.1, 0.15) is 0 Å². The zero-order chi connectivity index (χ0) is 15.1. The summed E-state index contributed by atoms with van der Waals surface area (Å²) in [6.45, 7) is 4.56. The number of rotatable bonds is 9. The van der Waals surface area contributed by atoms with Crippen molar-refractivity contribution >= 4 is 0 Å². The van der Waals surface area contributed by atoms with Crippen LogP contribution in [0.15, 0.2) is 6.20 Å². The number of likely N-dealkylation sites (N-methyl/N-ethyl adjacent to an activating group) is 1. The van der Waals surface area contributed by atoms with Gasteiger partial charge in [0.2, 0.25) is 0 Å². The van der Waals surface area contributed by atoms with Gasteiger partial charge in [-0.25, -0.2) is 0 Å². The lowest BCUT2D eigenvalue weighted by Crippen LogP contribution is -2.24. The van der Waals surface area contributed by atoms with Crippen LogP contribution in [0.3, 0.4) is 0 Å². The summed E-state index contributed by atoms with van der Waals surface area (Å²) in [7, 11) is 7.45. The Bertz CT molecular complexity index is 393. The Kier molecular flexibility index (Phi) is 6.98. The molecule has 0 amide bonds. The molecule has 2 N–H and O–H groups in total. The Morgan fingerprint density at radius 3 is 2.65 bits per heavy atom. The van der Waals surface area contributed by atoms with Gasteiger partial charge in [0.05, 0.1) is 31.6 Å². The minimum Gasteiger partial charge on any atom is -0.493 e. The third kappa shape index (κ3) is 4.77. The van der Waals surface area contributed by atoms with Crippen LogP contribution in [0, 0.1) is 5.92 Å². The third-order valence-electron chi connectivity index (χ3n) is 3.28. The molecular weight excluding hydrogens is 256 g/mol. The van der Waals surface area contributed by atoms with E-state index in [0.717, 1.165) is 31.0 Å². The quantitative estimate of drug-likeness (QED) is 0.736. The summed E-state index contributed by atoms with van der Waals surface area (Å²) < 4.78 is 12.5. The largest absolute Gasteiger partial charge is 0.493 e. The highest BCUT2D eigenvalue weighted by atomic mass is 16.5. The van der Waals surface area contributed by atoms with E-state index in [1.165, 1.54) is 0 Å². The number of ether oxygens (including phenoxy) is 2. The van der Waals surface area contributed by atoms with Crippen molar-refractivity contribution in [1.82, 2.24) is 14.7 Å². The summed E-state index contributed by atoms with van der Waals surface area (Å²) in [5.74, 6) is 1.16. The van der Waals surface area contributed by atoms with E-state index in [-0.39, 0.29) is 6.04 Å². The first-order chi connectivity index (χ1) is 9.49. The van der Waals surface area contributed by atoms with Gasteiger partial charge < -0.3 is 20.1 Å². The van der Waals surface area contributed by atoms with E-state index in [2.05, 4.69) is 16.9 Å². The maximum atomic E-state index is 6.34. The van der Waals surface area contributed by atoms with Crippen LogP contribution in [-0.4, -0.2) is 56.1 Å². The van der Waals surface area contributed by atoms with E-state index in [1.54, 1.807) is 20.4 Å². The molecule has 20 heavy (non-hydrogen) atoms. The average molecular weight is 284 g/mol. The Hall–Kier alpha value is -1.11. The predicted molar refractivity (Wildman–Crippen MR) is 79.9 cm³/mol. The SMILES string of the molecule is COCC(C)CC(N)c1c(OC)cnn1CCN(C)C. The van der Waals surface area contributed by atoms with Crippen LogP contribution in [0.4, 0.5) is 0 Å². The smallest absolute Gasteiger partial charge is 0.161 e. The van der Waals surface area contributed by atoms with Crippen LogP contribution in [0.25, 0.3) is 0 Å². The first-order valence-electron chi connectivity index (χ1n) is 6.98. The first-order valence-corrected chi connectivity index (χ1v) is 6.98. The molecule has 0 aliphatic rings. The molecule has 0 bridgehead atoms.